The van der Waals surface area contributed by atoms with Crippen molar-refractivity contribution in [3.63, 3.8) is 0 Å². The molecule has 0 amide bonds. The van der Waals surface area contributed by atoms with Gasteiger partial charge in [-0.25, -0.2) is 4.98 Å². The molecule has 0 bridgehead atoms. The molecule has 3 N–H and O–H groups in total. The minimum atomic E-state index is 0.414. The summed E-state index contributed by atoms with van der Waals surface area (Å²) in [6.45, 7) is 2.46. The number of anilines is 1. The monoisotopic (exact) mass is 253 g/mol. The molecule has 1 heterocycles. The number of hydrogen-bond acceptors (Lipinski definition) is 3. The van der Waals surface area contributed by atoms with Crippen LogP contribution in [-0.4, -0.2) is 9.97 Å². The molecule has 0 radical (unpaired) electrons. The molecule has 0 fully saturated rings. The summed E-state index contributed by atoms with van der Waals surface area (Å²) >= 11 is 0. The summed E-state index contributed by atoms with van der Waals surface area (Å²) in [7, 11) is 0. The van der Waals surface area contributed by atoms with Gasteiger partial charge in [0.15, 0.2) is 0 Å². The number of aryl methyl sites for hydroxylation is 1. The van der Waals surface area contributed by atoms with E-state index in [1.807, 2.05) is 49.4 Å². The lowest BCUT2D eigenvalue weighted by molar-refractivity contribution is 0.297. The van der Waals surface area contributed by atoms with Crippen LogP contribution in [0.25, 0.3) is 11.0 Å². The van der Waals surface area contributed by atoms with Crippen LogP contribution >= 0.6 is 0 Å². The van der Waals surface area contributed by atoms with Crippen LogP contribution in [0.15, 0.2) is 42.5 Å². The maximum atomic E-state index is 5.73. The molecule has 3 aromatic rings. The molecule has 2 aromatic carbocycles. The zero-order chi connectivity index (χ0) is 13.2. The number of ether oxygens (including phenoxy) is 1. The molecule has 1 aromatic heterocycles. The lowest BCUT2D eigenvalue weighted by Crippen LogP contribution is -1.97. The van der Waals surface area contributed by atoms with Gasteiger partial charge in [0.2, 0.25) is 0 Å². The maximum Gasteiger partial charge on any atom is 0.146 e. The first-order valence-electron chi connectivity index (χ1n) is 6.14. The largest absolute Gasteiger partial charge is 0.486 e. The molecule has 0 spiro atoms. The third kappa shape index (κ3) is 2.52. The first kappa shape index (κ1) is 11.6. The number of nitrogens with two attached hydrogens (primary N) is 1. The number of aromatic amines is 1. The quantitative estimate of drug-likeness (QED) is 0.705. The van der Waals surface area contributed by atoms with Gasteiger partial charge < -0.3 is 15.5 Å². The van der Waals surface area contributed by atoms with Crippen LogP contribution in [0, 0.1) is 6.92 Å². The number of nitrogen functional groups attached to an aromatic ring is 1. The van der Waals surface area contributed by atoms with E-state index in [9.17, 15) is 0 Å². The summed E-state index contributed by atoms with van der Waals surface area (Å²) in [5, 5.41) is 0. The Morgan fingerprint density at radius 3 is 2.74 bits per heavy atom. The number of imidazole rings is 1. The highest BCUT2D eigenvalue weighted by Crippen LogP contribution is 2.17. The van der Waals surface area contributed by atoms with Crippen molar-refractivity contribution >= 4 is 16.7 Å². The maximum absolute atomic E-state index is 5.73. The molecule has 96 valence electrons. The number of rotatable bonds is 3. The van der Waals surface area contributed by atoms with Crippen LogP contribution < -0.4 is 10.5 Å². The molecule has 0 saturated heterocycles. The van der Waals surface area contributed by atoms with E-state index >= 15 is 0 Å². The first-order valence-corrected chi connectivity index (χ1v) is 6.14. The van der Waals surface area contributed by atoms with E-state index in [1.54, 1.807) is 0 Å². The Morgan fingerprint density at radius 2 is 1.95 bits per heavy atom. The number of nitrogens with one attached hydrogen (secondary N) is 1. The number of nitrogens with zero attached hydrogens (tertiary/aromatic N) is 1. The minimum absolute atomic E-state index is 0.414. The zero-order valence-electron chi connectivity index (χ0n) is 10.7. The number of hydrogen-bond donors (Lipinski definition) is 2. The zero-order valence-corrected chi connectivity index (χ0v) is 10.7. The SMILES string of the molecule is Cc1ccc(OCc2nc3ccc(N)cc3[nH]2)cc1. The normalized spacial score (nSPS) is 10.8. The molecule has 0 saturated carbocycles. The minimum Gasteiger partial charge on any atom is -0.486 e. The van der Waals surface area contributed by atoms with Crippen molar-refractivity contribution in [2.45, 2.75) is 13.5 Å². The molecule has 0 aliphatic rings. The van der Waals surface area contributed by atoms with Crippen LogP contribution in [0.5, 0.6) is 5.75 Å². The lowest BCUT2D eigenvalue weighted by atomic mass is 10.2. The van der Waals surface area contributed by atoms with Crippen molar-refractivity contribution in [1.29, 1.82) is 0 Å². The Kier molecular flexibility index (Phi) is 2.83. The van der Waals surface area contributed by atoms with Crippen molar-refractivity contribution in [1.82, 2.24) is 9.97 Å². The molecule has 3 rings (SSSR count). The van der Waals surface area contributed by atoms with Crippen molar-refractivity contribution in [2.24, 2.45) is 0 Å². The second-order valence-electron chi connectivity index (χ2n) is 4.56. The van der Waals surface area contributed by atoms with Gasteiger partial charge in [0.1, 0.15) is 18.2 Å². The van der Waals surface area contributed by atoms with Gasteiger partial charge in [0.05, 0.1) is 11.0 Å². The molecule has 4 heteroatoms. The molecule has 0 aliphatic heterocycles. The molecule has 0 aliphatic carbocycles. The van der Waals surface area contributed by atoms with Crippen molar-refractivity contribution in [3.8, 4) is 5.75 Å². The average molecular weight is 253 g/mol. The molecular formula is C15H15N3O. The standard InChI is InChI=1S/C15H15N3O/c1-10-2-5-12(6-3-10)19-9-15-17-13-7-4-11(16)8-14(13)18-15/h2-8H,9,16H2,1H3,(H,17,18). The first-order chi connectivity index (χ1) is 9.20. The average Bonchev–Trinajstić information content (AvgIpc) is 2.80. The predicted molar refractivity (Wildman–Crippen MR) is 76.0 cm³/mol. The van der Waals surface area contributed by atoms with E-state index in [0.717, 1.165) is 28.3 Å². The Labute approximate surface area is 111 Å². The summed E-state index contributed by atoms with van der Waals surface area (Å²) in [5.41, 5.74) is 9.50. The van der Waals surface area contributed by atoms with E-state index in [-0.39, 0.29) is 0 Å². The van der Waals surface area contributed by atoms with E-state index < -0.39 is 0 Å². The van der Waals surface area contributed by atoms with Crippen LogP contribution in [-0.2, 0) is 6.61 Å². The molecule has 4 nitrogen and oxygen atoms in total. The highest BCUT2D eigenvalue weighted by Gasteiger charge is 2.03. The van der Waals surface area contributed by atoms with E-state index in [2.05, 4.69) is 9.97 Å². The van der Waals surface area contributed by atoms with Gasteiger partial charge in [0.25, 0.3) is 0 Å². The second kappa shape index (κ2) is 4.65. The predicted octanol–water partition coefficient (Wildman–Crippen LogP) is 3.03. The topological polar surface area (TPSA) is 63.9 Å². The van der Waals surface area contributed by atoms with Gasteiger partial charge in [0, 0.05) is 5.69 Å². The number of aromatic nitrogens is 2. The third-order valence-corrected chi connectivity index (χ3v) is 2.95. The molecular weight excluding hydrogens is 238 g/mol. The van der Waals surface area contributed by atoms with Crippen LogP contribution in [0.4, 0.5) is 5.69 Å². The Bertz CT molecular complexity index is 701. The fraction of sp³-hybridized carbons (Fsp3) is 0.133. The van der Waals surface area contributed by atoms with Gasteiger partial charge in [-0.2, -0.15) is 0 Å². The van der Waals surface area contributed by atoms with E-state index in [4.69, 9.17) is 10.5 Å². The van der Waals surface area contributed by atoms with Gasteiger partial charge in [-0.15, -0.1) is 0 Å². The van der Waals surface area contributed by atoms with Gasteiger partial charge in [-0.1, -0.05) is 17.7 Å². The molecule has 0 atom stereocenters. The summed E-state index contributed by atoms with van der Waals surface area (Å²) < 4.78 is 5.68. The Morgan fingerprint density at radius 1 is 1.16 bits per heavy atom. The van der Waals surface area contributed by atoms with Crippen molar-refractivity contribution < 1.29 is 4.74 Å². The highest BCUT2D eigenvalue weighted by atomic mass is 16.5. The molecule has 0 unspecified atom stereocenters. The van der Waals surface area contributed by atoms with Gasteiger partial charge in [-0.3, -0.25) is 0 Å². The van der Waals surface area contributed by atoms with Crippen molar-refractivity contribution in [2.75, 3.05) is 5.73 Å². The highest BCUT2D eigenvalue weighted by molar-refractivity contribution is 5.78. The number of benzene rings is 2. The fourth-order valence-corrected chi connectivity index (χ4v) is 1.93. The third-order valence-electron chi connectivity index (χ3n) is 2.95. The number of H-pyrrole nitrogens is 1. The van der Waals surface area contributed by atoms with Crippen molar-refractivity contribution in [3.05, 3.63) is 53.9 Å². The summed E-state index contributed by atoms with van der Waals surface area (Å²) in [6, 6.07) is 13.6. The van der Waals surface area contributed by atoms with Crippen LogP contribution in [0.3, 0.4) is 0 Å². The Hall–Kier alpha value is -2.49. The number of fused-ring (bicyclic) bond motifs is 1. The van der Waals surface area contributed by atoms with Gasteiger partial charge >= 0.3 is 0 Å². The Balaban J connectivity index is 1.76. The fourth-order valence-electron chi connectivity index (χ4n) is 1.93. The molecule has 19 heavy (non-hydrogen) atoms. The van der Waals surface area contributed by atoms with Crippen LogP contribution in [0.2, 0.25) is 0 Å². The smallest absolute Gasteiger partial charge is 0.146 e. The van der Waals surface area contributed by atoms with Crippen LogP contribution in [0.1, 0.15) is 11.4 Å². The summed E-state index contributed by atoms with van der Waals surface area (Å²) in [4.78, 5) is 7.65. The van der Waals surface area contributed by atoms with E-state index in [1.165, 1.54) is 5.56 Å². The lowest BCUT2D eigenvalue weighted by Gasteiger charge is -2.03. The second-order valence-corrected chi connectivity index (χ2v) is 4.56. The summed E-state index contributed by atoms with van der Waals surface area (Å²) in [6.07, 6.45) is 0. The van der Waals surface area contributed by atoms with Gasteiger partial charge in [-0.05, 0) is 37.3 Å². The summed E-state index contributed by atoms with van der Waals surface area (Å²) in [5.74, 6) is 1.63. The van der Waals surface area contributed by atoms with E-state index in [0.29, 0.717) is 6.61 Å².